The van der Waals surface area contributed by atoms with E-state index in [-0.39, 0.29) is 23.0 Å². The van der Waals surface area contributed by atoms with Crippen LogP contribution in [0.2, 0.25) is 0 Å². The zero-order valence-electron chi connectivity index (χ0n) is 21.0. The van der Waals surface area contributed by atoms with Crippen LogP contribution in [0.5, 0.6) is 0 Å². The van der Waals surface area contributed by atoms with E-state index in [2.05, 4.69) is 0 Å². The van der Waals surface area contributed by atoms with Crippen LogP contribution in [-0.2, 0) is 0 Å². The highest BCUT2D eigenvalue weighted by Crippen LogP contribution is 2.64. The molecule has 4 aromatic carbocycles. The Morgan fingerprint density at radius 1 is 0.800 bits per heavy atom. The third-order valence-electron chi connectivity index (χ3n) is 8.37. The molecule has 0 N–H and O–H groups in total. The molecule has 0 radical (unpaired) electrons. The molecule has 8 heteroatoms. The molecular weight excluding hydrogens is 506 g/mol. The smallest absolute Gasteiger partial charge is 0.269 e. The predicted molar refractivity (Wildman–Crippen MR) is 147 cm³/mol. The van der Waals surface area contributed by atoms with Crippen molar-refractivity contribution in [2.24, 2.45) is 10.5 Å². The third-order valence-corrected chi connectivity index (χ3v) is 8.37. The van der Waals surface area contributed by atoms with Crippen LogP contribution in [0, 0.1) is 15.5 Å². The van der Waals surface area contributed by atoms with Gasteiger partial charge in [-0.15, -0.1) is 0 Å². The van der Waals surface area contributed by atoms with E-state index >= 15 is 0 Å². The summed E-state index contributed by atoms with van der Waals surface area (Å²) in [4.78, 5) is 54.6. The summed E-state index contributed by atoms with van der Waals surface area (Å²) in [6.45, 7) is 0. The number of hydrogen-bond donors (Lipinski definition) is 0. The molecule has 7 rings (SSSR count). The second-order valence-electron chi connectivity index (χ2n) is 10.2. The molecule has 0 amide bonds. The Morgan fingerprint density at radius 2 is 1.40 bits per heavy atom. The van der Waals surface area contributed by atoms with Gasteiger partial charge in [-0.2, -0.15) is 5.10 Å². The van der Waals surface area contributed by atoms with Crippen LogP contribution in [0.3, 0.4) is 0 Å². The van der Waals surface area contributed by atoms with E-state index in [1.54, 1.807) is 78.0 Å². The molecule has 0 unspecified atom stereocenters. The molecule has 1 saturated heterocycles. The normalized spacial score (nSPS) is 21.7. The second kappa shape index (κ2) is 8.64. The number of carbonyl (C=O) groups is 3. The minimum atomic E-state index is -1.72. The fourth-order valence-corrected chi connectivity index (χ4v) is 6.73. The quantitative estimate of drug-likeness (QED) is 0.152. The van der Waals surface area contributed by atoms with Crippen LogP contribution >= 0.6 is 0 Å². The Balaban J connectivity index is 1.55. The molecule has 1 aliphatic carbocycles. The van der Waals surface area contributed by atoms with E-state index in [4.69, 9.17) is 5.10 Å². The number of nitro benzene ring substituents is 1. The van der Waals surface area contributed by atoms with Gasteiger partial charge in [0.2, 0.25) is 0 Å². The SMILES string of the molecule is O=C(c1ccccc1)[C@@H]1[C@@H](c2ccc([N+](=O)[O-])cc2)C2(C(=O)c3ccccc3C2=O)[C@@H]2c3ccccc3C=NN12. The molecule has 1 spiro atoms. The molecule has 3 aliphatic rings. The summed E-state index contributed by atoms with van der Waals surface area (Å²) in [7, 11) is 0. The van der Waals surface area contributed by atoms with Gasteiger partial charge in [-0.3, -0.25) is 29.5 Å². The van der Waals surface area contributed by atoms with Crippen molar-refractivity contribution in [1.29, 1.82) is 0 Å². The summed E-state index contributed by atoms with van der Waals surface area (Å²) in [5.41, 5.74) is 1.14. The summed E-state index contributed by atoms with van der Waals surface area (Å²) in [6, 6.07) is 26.8. The van der Waals surface area contributed by atoms with Gasteiger partial charge < -0.3 is 0 Å². The van der Waals surface area contributed by atoms with Gasteiger partial charge in [-0.05, 0) is 16.7 Å². The lowest BCUT2D eigenvalue weighted by Crippen LogP contribution is -2.43. The molecule has 0 aromatic heterocycles. The summed E-state index contributed by atoms with van der Waals surface area (Å²) in [5.74, 6) is -2.01. The van der Waals surface area contributed by atoms with Crippen LogP contribution in [0.15, 0.2) is 108 Å². The number of benzene rings is 4. The Kier molecular flexibility index (Phi) is 5.15. The maximum absolute atomic E-state index is 14.6. The topological polar surface area (TPSA) is 110 Å². The van der Waals surface area contributed by atoms with E-state index in [1.165, 1.54) is 12.1 Å². The standard InChI is InChI=1S/C32H21N3O5/c36-28(20-8-2-1-3-9-20)27-26(19-14-16-22(17-15-19)35(39)40)32(30(37)24-12-6-7-13-25(24)31(32)38)29-23-11-5-4-10-21(23)18-33-34(27)29/h1-18,26-27,29H/t26-,27+,29+/m1/s1. The maximum Gasteiger partial charge on any atom is 0.269 e. The fourth-order valence-electron chi connectivity index (χ4n) is 6.73. The lowest BCUT2D eigenvalue weighted by molar-refractivity contribution is -0.384. The molecule has 1 fully saturated rings. The first-order valence-corrected chi connectivity index (χ1v) is 12.9. The number of fused-ring (bicyclic) bond motifs is 5. The van der Waals surface area contributed by atoms with Gasteiger partial charge in [0.15, 0.2) is 17.3 Å². The molecule has 3 atom stereocenters. The van der Waals surface area contributed by atoms with E-state index in [0.29, 0.717) is 22.3 Å². The van der Waals surface area contributed by atoms with Crippen molar-refractivity contribution in [2.75, 3.05) is 0 Å². The number of ketones is 3. The Labute approximate surface area is 228 Å². The van der Waals surface area contributed by atoms with E-state index in [0.717, 1.165) is 11.1 Å². The van der Waals surface area contributed by atoms with Crippen molar-refractivity contribution in [2.45, 2.75) is 18.0 Å². The Morgan fingerprint density at radius 3 is 2.05 bits per heavy atom. The third kappa shape index (κ3) is 3.07. The second-order valence-corrected chi connectivity index (χ2v) is 10.2. The van der Waals surface area contributed by atoms with Gasteiger partial charge in [-0.1, -0.05) is 91.0 Å². The largest absolute Gasteiger partial charge is 0.293 e. The average Bonchev–Trinajstić information content (AvgIpc) is 3.43. The zero-order valence-corrected chi connectivity index (χ0v) is 21.0. The van der Waals surface area contributed by atoms with Gasteiger partial charge in [0.25, 0.3) is 5.69 Å². The number of hydrogen-bond acceptors (Lipinski definition) is 7. The average molecular weight is 528 g/mol. The summed E-state index contributed by atoms with van der Waals surface area (Å²) < 4.78 is 0. The van der Waals surface area contributed by atoms with Gasteiger partial charge >= 0.3 is 0 Å². The number of rotatable bonds is 4. The van der Waals surface area contributed by atoms with Crippen molar-refractivity contribution < 1.29 is 19.3 Å². The molecule has 4 aromatic rings. The monoisotopic (exact) mass is 527 g/mol. The molecule has 8 nitrogen and oxygen atoms in total. The minimum absolute atomic E-state index is 0.129. The number of Topliss-reactive ketones (excluding diaryl/α,β-unsaturated/α-hetero) is 3. The van der Waals surface area contributed by atoms with Gasteiger partial charge in [0.1, 0.15) is 11.5 Å². The number of carbonyl (C=O) groups excluding carboxylic acids is 3. The molecule has 40 heavy (non-hydrogen) atoms. The number of nitrogens with zero attached hydrogens (tertiary/aromatic N) is 3. The first kappa shape index (κ1) is 23.8. The molecule has 2 aliphatic heterocycles. The highest BCUT2D eigenvalue weighted by Gasteiger charge is 2.72. The molecule has 194 valence electrons. The van der Waals surface area contributed by atoms with Crippen molar-refractivity contribution in [3.05, 3.63) is 147 Å². The highest BCUT2D eigenvalue weighted by molar-refractivity contribution is 6.31. The van der Waals surface area contributed by atoms with Crippen molar-refractivity contribution in [1.82, 2.24) is 5.01 Å². The van der Waals surface area contributed by atoms with E-state index in [1.807, 2.05) is 24.3 Å². The molecule has 2 heterocycles. The van der Waals surface area contributed by atoms with Crippen molar-refractivity contribution in [3.63, 3.8) is 0 Å². The van der Waals surface area contributed by atoms with Crippen LogP contribution in [0.25, 0.3) is 0 Å². The summed E-state index contributed by atoms with van der Waals surface area (Å²) in [5, 5.41) is 17.8. The minimum Gasteiger partial charge on any atom is -0.293 e. The fraction of sp³-hybridized carbons (Fsp3) is 0.125. The van der Waals surface area contributed by atoms with Crippen molar-refractivity contribution >= 4 is 29.3 Å². The van der Waals surface area contributed by atoms with Gasteiger partial charge in [0.05, 0.1) is 17.2 Å². The zero-order chi connectivity index (χ0) is 27.6. The van der Waals surface area contributed by atoms with Crippen LogP contribution in [0.4, 0.5) is 5.69 Å². The lowest BCUT2D eigenvalue weighted by atomic mass is 9.63. The molecular formula is C32H21N3O5. The lowest BCUT2D eigenvalue weighted by Gasteiger charge is -2.36. The summed E-state index contributed by atoms with van der Waals surface area (Å²) in [6.07, 6.45) is 1.65. The van der Waals surface area contributed by atoms with Gasteiger partial charge in [0, 0.05) is 34.7 Å². The maximum atomic E-state index is 14.6. The van der Waals surface area contributed by atoms with Crippen molar-refractivity contribution in [3.8, 4) is 0 Å². The highest BCUT2D eigenvalue weighted by atomic mass is 16.6. The van der Waals surface area contributed by atoms with E-state index in [9.17, 15) is 24.5 Å². The van der Waals surface area contributed by atoms with E-state index < -0.39 is 28.3 Å². The number of nitro groups is 1. The summed E-state index contributed by atoms with van der Waals surface area (Å²) >= 11 is 0. The predicted octanol–water partition coefficient (Wildman–Crippen LogP) is 5.40. The van der Waals surface area contributed by atoms with Crippen LogP contribution in [-0.4, -0.2) is 39.5 Å². The Hall–Kier alpha value is -5.24. The van der Waals surface area contributed by atoms with Gasteiger partial charge in [-0.25, -0.2) is 0 Å². The number of hydrazone groups is 1. The first-order valence-electron chi connectivity index (χ1n) is 12.9. The first-order chi connectivity index (χ1) is 19.4. The molecule has 0 bridgehead atoms. The molecule has 0 saturated carbocycles. The Bertz CT molecular complexity index is 1730. The van der Waals surface area contributed by atoms with Crippen LogP contribution < -0.4 is 0 Å². The number of non-ortho nitro benzene ring substituents is 1. The van der Waals surface area contributed by atoms with Crippen LogP contribution in [0.1, 0.15) is 59.7 Å².